The lowest BCUT2D eigenvalue weighted by molar-refractivity contribution is 0.0735. The highest BCUT2D eigenvalue weighted by molar-refractivity contribution is 5.92. The molecule has 0 unspecified atom stereocenters. The van der Waals surface area contributed by atoms with Gasteiger partial charge in [-0.2, -0.15) is 0 Å². The largest absolute Gasteiger partial charge is 0.422 e. The first-order valence-electron chi connectivity index (χ1n) is 13.5. The fraction of sp³-hybridized carbons (Fsp3) is 0. The third-order valence-corrected chi connectivity index (χ3v) is 6.73. The highest BCUT2D eigenvalue weighted by Crippen LogP contribution is 2.40. The number of hydrogen-bond acceptors (Lipinski definition) is 4. The molecule has 0 aliphatic heterocycles. The van der Waals surface area contributed by atoms with Gasteiger partial charge in [0.1, 0.15) is 5.75 Å². The fourth-order valence-electron chi connectivity index (χ4n) is 4.80. The molecule has 6 rings (SSSR count). The Balaban J connectivity index is 1.33. The van der Waals surface area contributed by atoms with Gasteiger partial charge >= 0.3 is 5.97 Å². The Bertz CT molecular complexity index is 1710. The summed E-state index contributed by atoms with van der Waals surface area (Å²) in [6, 6.07) is 53.7. The number of anilines is 5. The van der Waals surface area contributed by atoms with Crippen LogP contribution in [0.5, 0.6) is 5.75 Å². The minimum Gasteiger partial charge on any atom is -0.422 e. The molecule has 4 heteroatoms. The second-order valence-corrected chi connectivity index (χ2v) is 9.48. The van der Waals surface area contributed by atoms with Crippen LogP contribution in [0.3, 0.4) is 0 Å². The van der Waals surface area contributed by atoms with E-state index in [1.165, 1.54) is 0 Å². The molecule has 6 aromatic carbocycles. The van der Waals surface area contributed by atoms with E-state index in [2.05, 4.69) is 52.7 Å². The highest BCUT2D eigenvalue weighted by Gasteiger charge is 2.16. The average molecular weight is 533 g/mol. The summed E-state index contributed by atoms with van der Waals surface area (Å²) in [5.74, 6) is 0.126. The van der Waals surface area contributed by atoms with Crippen LogP contribution in [0.2, 0.25) is 0 Å². The monoisotopic (exact) mass is 532 g/mol. The highest BCUT2D eigenvalue weighted by atomic mass is 16.5. The van der Waals surface area contributed by atoms with Crippen LogP contribution in [0, 0.1) is 0 Å². The summed E-state index contributed by atoms with van der Waals surface area (Å²) in [6.07, 6.45) is 0. The van der Waals surface area contributed by atoms with Crippen LogP contribution in [0.1, 0.15) is 10.4 Å². The second kappa shape index (κ2) is 12.1. The van der Waals surface area contributed by atoms with E-state index in [1.807, 2.05) is 109 Å². The summed E-state index contributed by atoms with van der Waals surface area (Å²) in [6.45, 7) is 0. The first-order chi connectivity index (χ1) is 20.3. The van der Waals surface area contributed by atoms with Crippen LogP contribution < -0.4 is 15.0 Å². The molecule has 0 bridgehead atoms. The zero-order valence-corrected chi connectivity index (χ0v) is 22.4. The Morgan fingerprint density at radius 2 is 1.15 bits per heavy atom. The van der Waals surface area contributed by atoms with Gasteiger partial charge in [0.05, 0.1) is 16.9 Å². The molecule has 0 saturated carbocycles. The molecular formula is C37H28N2O2. The molecule has 0 amide bonds. The number of carbonyl (C=O) groups is 1. The van der Waals surface area contributed by atoms with Crippen LogP contribution in [0.25, 0.3) is 11.1 Å². The molecule has 0 radical (unpaired) electrons. The first kappa shape index (κ1) is 25.7. The lowest BCUT2D eigenvalue weighted by Crippen LogP contribution is -2.11. The summed E-state index contributed by atoms with van der Waals surface area (Å²) < 4.78 is 5.83. The fourth-order valence-corrected chi connectivity index (χ4v) is 4.80. The quantitative estimate of drug-likeness (QED) is 0.156. The summed E-state index contributed by atoms with van der Waals surface area (Å²) in [5, 5.41) is 3.64. The van der Waals surface area contributed by atoms with E-state index < -0.39 is 0 Å². The van der Waals surface area contributed by atoms with E-state index in [4.69, 9.17) is 4.74 Å². The molecule has 198 valence electrons. The number of benzene rings is 6. The lowest BCUT2D eigenvalue weighted by atomic mass is 10.0. The van der Waals surface area contributed by atoms with Crippen LogP contribution in [-0.2, 0) is 0 Å². The van der Waals surface area contributed by atoms with Crippen molar-refractivity contribution in [3.8, 4) is 16.9 Å². The van der Waals surface area contributed by atoms with Crippen molar-refractivity contribution in [3.05, 3.63) is 169 Å². The molecule has 0 saturated heterocycles. The lowest BCUT2D eigenvalue weighted by Gasteiger charge is -2.28. The standard InChI is InChI=1S/C37H28N2O2/c40-37(28-15-4-1-5-16-28)41-36-26-13-10-23-33(36)29-17-14-18-30(27-29)38-34-24-11-12-25-35(34)39(31-19-6-2-7-20-31)32-21-8-3-9-22-32/h1-27,38H. The predicted octanol–water partition coefficient (Wildman–Crippen LogP) is 9.79. The van der Waals surface area contributed by atoms with Crippen molar-refractivity contribution < 1.29 is 9.53 Å². The molecule has 0 atom stereocenters. The Labute approximate surface area is 240 Å². The Hall–Kier alpha value is -5.61. The molecular weight excluding hydrogens is 504 g/mol. The summed E-state index contributed by atoms with van der Waals surface area (Å²) in [7, 11) is 0. The molecule has 4 nitrogen and oxygen atoms in total. The van der Waals surface area contributed by atoms with Gasteiger partial charge in [0.25, 0.3) is 0 Å². The minimum absolute atomic E-state index is 0.386. The Morgan fingerprint density at radius 3 is 1.85 bits per heavy atom. The zero-order valence-electron chi connectivity index (χ0n) is 22.4. The number of hydrogen-bond donors (Lipinski definition) is 1. The second-order valence-electron chi connectivity index (χ2n) is 9.48. The van der Waals surface area contributed by atoms with Crippen molar-refractivity contribution >= 4 is 34.4 Å². The third kappa shape index (κ3) is 5.87. The van der Waals surface area contributed by atoms with E-state index in [0.717, 1.165) is 39.6 Å². The number of nitrogens with zero attached hydrogens (tertiary/aromatic N) is 1. The first-order valence-corrected chi connectivity index (χ1v) is 13.5. The normalized spacial score (nSPS) is 10.5. The molecule has 0 spiro atoms. The summed E-state index contributed by atoms with van der Waals surface area (Å²) in [5.41, 5.74) is 7.31. The Kier molecular flexibility index (Phi) is 7.55. The third-order valence-electron chi connectivity index (χ3n) is 6.73. The van der Waals surface area contributed by atoms with Crippen molar-refractivity contribution in [1.29, 1.82) is 0 Å². The van der Waals surface area contributed by atoms with Crippen LogP contribution in [0.4, 0.5) is 28.4 Å². The van der Waals surface area contributed by atoms with Crippen molar-refractivity contribution in [1.82, 2.24) is 0 Å². The molecule has 0 aromatic heterocycles. The maximum absolute atomic E-state index is 12.8. The SMILES string of the molecule is O=C(Oc1ccccc1-c1cccc(Nc2ccccc2N(c2ccccc2)c2ccccc2)c1)c1ccccc1. The van der Waals surface area contributed by atoms with Gasteiger partial charge in [0.2, 0.25) is 0 Å². The zero-order chi connectivity index (χ0) is 27.9. The van der Waals surface area contributed by atoms with Crippen molar-refractivity contribution in [3.63, 3.8) is 0 Å². The number of ether oxygens (including phenoxy) is 1. The maximum Gasteiger partial charge on any atom is 0.343 e. The van der Waals surface area contributed by atoms with Crippen LogP contribution in [0.15, 0.2) is 164 Å². The number of para-hydroxylation sites is 5. The molecule has 0 heterocycles. The predicted molar refractivity (Wildman–Crippen MR) is 168 cm³/mol. The molecule has 0 aliphatic carbocycles. The van der Waals surface area contributed by atoms with Gasteiger partial charge in [-0.15, -0.1) is 0 Å². The summed E-state index contributed by atoms with van der Waals surface area (Å²) >= 11 is 0. The van der Waals surface area contributed by atoms with Gasteiger partial charge in [0, 0.05) is 22.6 Å². The van der Waals surface area contributed by atoms with E-state index in [0.29, 0.717) is 11.3 Å². The van der Waals surface area contributed by atoms with Crippen molar-refractivity contribution in [2.75, 3.05) is 10.2 Å². The maximum atomic E-state index is 12.8. The topological polar surface area (TPSA) is 41.6 Å². The van der Waals surface area contributed by atoms with Gasteiger partial charge in [-0.3, -0.25) is 0 Å². The number of nitrogens with one attached hydrogen (secondary N) is 1. The van der Waals surface area contributed by atoms with Gasteiger partial charge < -0.3 is 15.0 Å². The molecule has 1 N–H and O–H groups in total. The van der Waals surface area contributed by atoms with E-state index >= 15 is 0 Å². The van der Waals surface area contributed by atoms with E-state index in [-0.39, 0.29) is 5.97 Å². The molecule has 6 aromatic rings. The van der Waals surface area contributed by atoms with Gasteiger partial charge in [0.15, 0.2) is 0 Å². The van der Waals surface area contributed by atoms with Gasteiger partial charge in [-0.25, -0.2) is 4.79 Å². The van der Waals surface area contributed by atoms with Crippen LogP contribution in [-0.4, -0.2) is 5.97 Å². The number of esters is 1. The average Bonchev–Trinajstić information content (AvgIpc) is 3.04. The molecule has 0 aliphatic rings. The van der Waals surface area contributed by atoms with Gasteiger partial charge in [-0.05, 0) is 72.3 Å². The summed E-state index contributed by atoms with van der Waals surface area (Å²) in [4.78, 5) is 15.0. The Morgan fingerprint density at radius 1 is 0.561 bits per heavy atom. The van der Waals surface area contributed by atoms with Crippen LogP contribution >= 0.6 is 0 Å². The van der Waals surface area contributed by atoms with E-state index in [9.17, 15) is 4.79 Å². The molecule has 0 fully saturated rings. The number of carbonyl (C=O) groups excluding carboxylic acids is 1. The smallest absolute Gasteiger partial charge is 0.343 e. The van der Waals surface area contributed by atoms with Crippen molar-refractivity contribution in [2.45, 2.75) is 0 Å². The van der Waals surface area contributed by atoms with Crippen molar-refractivity contribution in [2.24, 2.45) is 0 Å². The number of rotatable bonds is 8. The van der Waals surface area contributed by atoms with E-state index in [1.54, 1.807) is 12.1 Å². The minimum atomic E-state index is -0.386. The molecule has 41 heavy (non-hydrogen) atoms. The van der Waals surface area contributed by atoms with Gasteiger partial charge in [-0.1, -0.05) is 97.1 Å².